The van der Waals surface area contributed by atoms with Gasteiger partial charge in [-0.3, -0.25) is 9.59 Å². The van der Waals surface area contributed by atoms with Gasteiger partial charge in [-0.2, -0.15) is 0 Å². The molecule has 2 N–H and O–H groups in total. The maximum Gasteiger partial charge on any atom is 0.252 e. The first-order valence-corrected chi connectivity index (χ1v) is 7.93. The van der Waals surface area contributed by atoms with E-state index in [1.807, 2.05) is 29.7 Å². The van der Waals surface area contributed by atoms with Crippen LogP contribution in [-0.2, 0) is 13.0 Å². The molecule has 1 amide bonds. The van der Waals surface area contributed by atoms with Gasteiger partial charge in [-0.05, 0) is 19.4 Å². The van der Waals surface area contributed by atoms with E-state index in [4.69, 9.17) is 0 Å². The first-order chi connectivity index (χ1) is 11.6. The standard InChI is InChI=1S/C17H17N5O2/c1-10-20-21-15-7-6-11(9-22(10)15)18-17(24)13-8-16(23)19-14-5-3-2-4-12(13)14/h2-5,8,11H,6-7,9H2,1H3,(H,18,24)(H,19,23). The molecule has 7 heteroatoms. The van der Waals surface area contributed by atoms with Crippen molar-refractivity contribution in [2.75, 3.05) is 0 Å². The number of H-pyrrole nitrogens is 1. The smallest absolute Gasteiger partial charge is 0.252 e. The van der Waals surface area contributed by atoms with Crippen LogP contribution in [0.25, 0.3) is 10.9 Å². The highest BCUT2D eigenvalue weighted by molar-refractivity contribution is 6.06. The number of aryl methyl sites for hydroxylation is 2. The summed E-state index contributed by atoms with van der Waals surface area (Å²) in [5, 5.41) is 12.0. The van der Waals surface area contributed by atoms with Crippen molar-refractivity contribution in [2.45, 2.75) is 32.4 Å². The third kappa shape index (κ3) is 2.47. The summed E-state index contributed by atoms with van der Waals surface area (Å²) in [6, 6.07) is 8.67. The summed E-state index contributed by atoms with van der Waals surface area (Å²) < 4.78 is 2.03. The zero-order valence-electron chi connectivity index (χ0n) is 13.2. The second-order valence-corrected chi connectivity index (χ2v) is 6.08. The van der Waals surface area contributed by atoms with E-state index < -0.39 is 0 Å². The van der Waals surface area contributed by atoms with E-state index in [1.54, 1.807) is 6.07 Å². The van der Waals surface area contributed by atoms with Crippen LogP contribution in [-0.4, -0.2) is 31.7 Å². The fourth-order valence-corrected chi connectivity index (χ4v) is 3.24. The quantitative estimate of drug-likeness (QED) is 0.740. The van der Waals surface area contributed by atoms with E-state index in [9.17, 15) is 9.59 Å². The van der Waals surface area contributed by atoms with E-state index in [0.717, 1.165) is 29.9 Å². The van der Waals surface area contributed by atoms with Gasteiger partial charge in [-0.25, -0.2) is 0 Å². The number of fused-ring (bicyclic) bond motifs is 2. The Kier molecular flexibility index (Phi) is 3.41. The maximum atomic E-state index is 12.7. The van der Waals surface area contributed by atoms with Gasteiger partial charge in [0.2, 0.25) is 5.56 Å². The normalized spacial score (nSPS) is 16.8. The van der Waals surface area contributed by atoms with Crippen LogP contribution in [0.5, 0.6) is 0 Å². The van der Waals surface area contributed by atoms with Crippen molar-refractivity contribution in [3.8, 4) is 0 Å². The molecule has 1 aromatic carbocycles. The molecule has 1 atom stereocenters. The van der Waals surface area contributed by atoms with Crippen molar-refractivity contribution in [1.82, 2.24) is 25.1 Å². The summed E-state index contributed by atoms with van der Waals surface area (Å²) in [7, 11) is 0. The summed E-state index contributed by atoms with van der Waals surface area (Å²) in [4.78, 5) is 27.3. The first kappa shape index (κ1) is 14.6. The Morgan fingerprint density at radius 2 is 2.17 bits per heavy atom. The fourth-order valence-electron chi connectivity index (χ4n) is 3.24. The molecule has 4 rings (SSSR count). The number of hydrogen-bond acceptors (Lipinski definition) is 4. The van der Waals surface area contributed by atoms with Crippen LogP contribution in [0.15, 0.2) is 35.1 Å². The number of carbonyl (C=O) groups is 1. The van der Waals surface area contributed by atoms with E-state index in [-0.39, 0.29) is 17.5 Å². The largest absolute Gasteiger partial charge is 0.347 e. The molecular formula is C17H17N5O2. The molecule has 1 aliphatic heterocycles. The number of nitrogens with one attached hydrogen (secondary N) is 2. The zero-order valence-corrected chi connectivity index (χ0v) is 13.2. The van der Waals surface area contributed by atoms with E-state index >= 15 is 0 Å². The number of benzene rings is 1. The minimum absolute atomic E-state index is 0.00208. The molecule has 3 heterocycles. The third-order valence-corrected chi connectivity index (χ3v) is 4.46. The predicted octanol–water partition coefficient (Wildman–Crippen LogP) is 1.17. The summed E-state index contributed by atoms with van der Waals surface area (Å²) in [5.74, 6) is 1.58. The predicted molar refractivity (Wildman–Crippen MR) is 88.9 cm³/mol. The fraction of sp³-hybridized carbons (Fsp3) is 0.294. The lowest BCUT2D eigenvalue weighted by atomic mass is 10.0. The van der Waals surface area contributed by atoms with Crippen LogP contribution in [0.1, 0.15) is 28.4 Å². The minimum atomic E-state index is -0.278. The monoisotopic (exact) mass is 323 g/mol. The molecule has 0 saturated heterocycles. The van der Waals surface area contributed by atoms with Crippen LogP contribution in [0, 0.1) is 6.92 Å². The van der Waals surface area contributed by atoms with Crippen molar-refractivity contribution < 1.29 is 4.79 Å². The number of aromatic nitrogens is 4. The second-order valence-electron chi connectivity index (χ2n) is 6.08. The van der Waals surface area contributed by atoms with E-state index in [2.05, 4.69) is 20.5 Å². The zero-order chi connectivity index (χ0) is 16.7. The van der Waals surface area contributed by atoms with Crippen molar-refractivity contribution in [3.05, 3.63) is 57.9 Å². The topological polar surface area (TPSA) is 92.7 Å². The average molecular weight is 323 g/mol. The lowest BCUT2D eigenvalue weighted by Crippen LogP contribution is -2.41. The highest BCUT2D eigenvalue weighted by atomic mass is 16.2. The Balaban J connectivity index is 1.62. The van der Waals surface area contributed by atoms with Gasteiger partial charge in [0.15, 0.2) is 0 Å². The van der Waals surface area contributed by atoms with Gasteiger partial charge in [-0.1, -0.05) is 18.2 Å². The molecule has 0 bridgehead atoms. The van der Waals surface area contributed by atoms with Gasteiger partial charge in [0.1, 0.15) is 11.6 Å². The second kappa shape index (κ2) is 5.59. The van der Waals surface area contributed by atoms with Gasteiger partial charge in [0.25, 0.3) is 5.91 Å². The molecule has 0 spiro atoms. The SMILES string of the molecule is Cc1nnc2n1CC(NC(=O)c1cc(=O)[nH]c3ccccc13)CC2. The summed E-state index contributed by atoms with van der Waals surface area (Å²) >= 11 is 0. The number of pyridine rings is 1. The number of aromatic amines is 1. The van der Waals surface area contributed by atoms with Crippen molar-refractivity contribution >= 4 is 16.8 Å². The van der Waals surface area contributed by atoms with Crippen LogP contribution in [0.2, 0.25) is 0 Å². The molecule has 7 nitrogen and oxygen atoms in total. The number of nitrogens with zero attached hydrogens (tertiary/aromatic N) is 3. The Morgan fingerprint density at radius 3 is 3.04 bits per heavy atom. The van der Waals surface area contributed by atoms with Crippen molar-refractivity contribution in [1.29, 1.82) is 0 Å². The number of hydrogen-bond donors (Lipinski definition) is 2. The molecule has 3 aromatic rings. The first-order valence-electron chi connectivity index (χ1n) is 7.93. The molecule has 1 aliphatic rings. The molecule has 2 aromatic heterocycles. The van der Waals surface area contributed by atoms with Gasteiger partial charge in [0.05, 0.1) is 5.56 Å². The molecule has 122 valence electrons. The van der Waals surface area contributed by atoms with Crippen LogP contribution < -0.4 is 10.9 Å². The molecule has 0 aliphatic carbocycles. The average Bonchev–Trinajstić information content (AvgIpc) is 2.95. The lowest BCUT2D eigenvalue weighted by molar-refractivity contribution is 0.0929. The number of amides is 1. The third-order valence-electron chi connectivity index (χ3n) is 4.46. The summed E-state index contributed by atoms with van der Waals surface area (Å²) in [5.41, 5.74) is 0.788. The van der Waals surface area contributed by atoms with Crippen molar-refractivity contribution in [3.63, 3.8) is 0 Å². The molecular weight excluding hydrogens is 306 g/mol. The molecule has 0 radical (unpaired) electrons. The Morgan fingerprint density at radius 1 is 1.33 bits per heavy atom. The van der Waals surface area contributed by atoms with Crippen LogP contribution in [0.4, 0.5) is 0 Å². The van der Waals surface area contributed by atoms with Gasteiger partial charge < -0.3 is 14.9 Å². The van der Waals surface area contributed by atoms with Crippen molar-refractivity contribution in [2.24, 2.45) is 0 Å². The molecule has 24 heavy (non-hydrogen) atoms. The molecule has 1 unspecified atom stereocenters. The number of rotatable bonds is 2. The summed E-state index contributed by atoms with van der Waals surface area (Å²) in [6.45, 7) is 2.56. The van der Waals surface area contributed by atoms with E-state index in [0.29, 0.717) is 17.6 Å². The van der Waals surface area contributed by atoms with Gasteiger partial charge in [-0.15, -0.1) is 10.2 Å². The number of carbonyl (C=O) groups excluding carboxylic acids is 1. The minimum Gasteiger partial charge on any atom is -0.347 e. The van der Waals surface area contributed by atoms with Gasteiger partial charge >= 0.3 is 0 Å². The Bertz CT molecular complexity index is 988. The lowest BCUT2D eigenvalue weighted by Gasteiger charge is -2.25. The van der Waals surface area contributed by atoms with Gasteiger partial charge in [0, 0.05) is 36.0 Å². The molecule has 0 fully saturated rings. The summed E-state index contributed by atoms with van der Waals surface area (Å²) in [6.07, 6.45) is 1.59. The number of para-hydroxylation sites is 1. The Labute approximate surface area is 137 Å². The van der Waals surface area contributed by atoms with Crippen LogP contribution in [0.3, 0.4) is 0 Å². The van der Waals surface area contributed by atoms with Crippen LogP contribution >= 0.6 is 0 Å². The van der Waals surface area contributed by atoms with E-state index in [1.165, 1.54) is 6.07 Å². The maximum absolute atomic E-state index is 12.7. The Hall–Kier alpha value is -2.96. The highest BCUT2D eigenvalue weighted by Crippen LogP contribution is 2.17. The molecule has 0 saturated carbocycles. The highest BCUT2D eigenvalue weighted by Gasteiger charge is 2.23.